The van der Waals surface area contributed by atoms with Crippen molar-refractivity contribution < 1.29 is 8.22 Å². The molecule has 0 aliphatic carbocycles. The first-order chi connectivity index (χ1) is 36.2. The van der Waals surface area contributed by atoms with Crippen LogP contribution in [0.3, 0.4) is 0 Å². The summed E-state index contributed by atoms with van der Waals surface area (Å²) >= 11 is 1.87. The number of aryl methyl sites for hydroxylation is 2. The molecule has 13 aromatic rings. The molecule has 1 aliphatic rings. The van der Waals surface area contributed by atoms with Gasteiger partial charge in [0.15, 0.2) is 8.07 Å². The van der Waals surface area contributed by atoms with E-state index in [1.807, 2.05) is 52.6 Å². The summed E-state index contributed by atoms with van der Waals surface area (Å²) < 4.78 is 59.5. The van der Waals surface area contributed by atoms with Gasteiger partial charge in [-0.2, -0.15) is 0 Å². The zero-order valence-corrected chi connectivity index (χ0v) is 39.5. The number of hydrogen-bond donors (Lipinski definition) is 0. The molecule has 1 aliphatic heterocycles. The number of rotatable bonds is 6. The number of hydrogen-bond acceptors (Lipinski definition) is 3. The highest BCUT2D eigenvalue weighted by Gasteiger charge is 2.46. The Hall–Kier alpha value is -7.91. The van der Waals surface area contributed by atoms with Crippen molar-refractivity contribution in [2.45, 2.75) is 42.8 Å². The Balaban J connectivity index is 1.06. The maximum atomic E-state index is 8.65. The highest BCUT2D eigenvalue weighted by atomic mass is 32.2. The fourth-order valence-electron chi connectivity index (χ4n) is 11.5. The minimum absolute atomic E-state index is 0.177. The van der Waals surface area contributed by atoms with Crippen LogP contribution in [0.2, 0.25) is 0 Å². The first-order valence-corrected chi connectivity index (χ1v) is 26.1. The Labute approximate surface area is 413 Å². The number of nitrogens with zero attached hydrogens (tertiary/aromatic N) is 6. The summed E-state index contributed by atoms with van der Waals surface area (Å²) in [6.45, 7) is -0.0991. The van der Waals surface area contributed by atoms with E-state index in [0.717, 1.165) is 33.4 Å². The Morgan fingerprint density at radius 2 is 0.971 bits per heavy atom. The molecule has 0 bridgehead atoms. The molecule has 0 radical (unpaired) electrons. The lowest BCUT2D eigenvalue weighted by Gasteiger charge is -2.40. The van der Waals surface area contributed by atoms with E-state index in [0.29, 0.717) is 33.6 Å². The van der Waals surface area contributed by atoms with Crippen molar-refractivity contribution in [1.29, 1.82) is 0 Å². The fraction of sp³-hybridized carbons (Fsp3) is 0.0820. The molecule has 0 atom stereocenters. The molecular formula is C61H46N6SSi. The van der Waals surface area contributed by atoms with Gasteiger partial charge >= 0.3 is 0 Å². The molecule has 0 spiro atoms. The molecule has 9 aromatic carbocycles. The van der Waals surface area contributed by atoms with E-state index >= 15 is 0 Å². The number of fused-ring (bicyclic) bond motifs is 12. The molecular weight excluding hydrogens is 877 g/mol. The van der Waals surface area contributed by atoms with Crippen LogP contribution < -0.4 is 20.7 Å². The van der Waals surface area contributed by atoms with Crippen molar-refractivity contribution in [1.82, 2.24) is 27.9 Å². The predicted octanol–water partition coefficient (Wildman–Crippen LogP) is 12.0. The average Bonchev–Trinajstić information content (AvgIpc) is 4.26. The lowest BCUT2D eigenvalue weighted by molar-refractivity contribution is 0.608. The predicted molar refractivity (Wildman–Crippen MR) is 288 cm³/mol. The molecule has 5 heterocycles. The second-order valence-electron chi connectivity index (χ2n) is 18.6. The molecule has 6 nitrogen and oxygen atoms in total. The van der Waals surface area contributed by atoms with Crippen LogP contribution >= 0.6 is 11.8 Å². The van der Waals surface area contributed by atoms with Crippen LogP contribution in [0, 0.1) is 13.7 Å². The van der Waals surface area contributed by atoms with E-state index in [4.69, 9.17) is 18.2 Å². The van der Waals surface area contributed by atoms with E-state index < -0.39 is 21.8 Å². The van der Waals surface area contributed by atoms with Crippen molar-refractivity contribution in [3.63, 3.8) is 0 Å². The van der Waals surface area contributed by atoms with E-state index in [2.05, 4.69) is 173 Å². The van der Waals surface area contributed by atoms with E-state index in [9.17, 15) is 0 Å². The van der Waals surface area contributed by atoms with Crippen molar-refractivity contribution in [3.05, 3.63) is 229 Å². The molecule has 0 amide bonds. The molecule has 69 heavy (non-hydrogen) atoms. The molecule has 8 heteroatoms. The van der Waals surface area contributed by atoms with Gasteiger partial charge in [0.05, 0.1) is 49.8 Å². The Morgan fingerprint density at radius 1 is 0.449 bits per heavy atom. The number of benzene rings is 9. The molecule has 0 saturated carbocycles. The van der Waals surface area contributed by atoms with Crippen LogP contribution in [-0.4, -0.2) is 36.0 Å². The molecule has 0 N–H and O–H groups in total. The molecule has 330 valence electrons. The third-order valence-corrected chi connectivity index (χ3v) is 20.8. The molecule has 0 saturated heterocycles. The minimum Gasteiger partial charge on any atom is -0.278 e. The lowest BCUT2D eigenvalue weighted by atomic mass is 9.78. The third kappa shape index (κ3) is 5.55. The van der Waals surface area contributed by atoms with Crippen molar-refractivity contribution in [2.75, 3.05) is 0 Å². The zero-order chi connectivity index (χ0) is 51.2. The minimum atomic E-state index is -3.22. The van der Waals surface area contributed by atoms with Crippen LogP contribution in [-0.2, 0) is 5.41 Å². The Kier molecular flexibility index (Phi) is 7.37. The highest BCUT2D eigenvalue weighted by Crippen LogP contribution is 2.49. The summed E-state index contributed by atoms with van der Waals surface area (Å²) in [6.07, 6.45) is 0. The molecule has 4 aromatic heterocycles. The second kappa shape index (κ2) is 14.8. The number of aromatic nitrogens is 6. The Bertz CT molecular complexity index is 4430. The van der Waals surface area contributed by atoms with Gasteiger partial charge in [-0.05, 0) is 117 Å². The van der Waals surface area contributed by atoms with Crippen LogP contribution in [0.5, 0.6) is 0 Å². The quantitative estimate of drug-likeness (QED) is 0.123. The van der Waals surface area contributed by atoms with Gasteiger partial charge in [0.1, 0.15) is 0 Å². The lowest BCUT2D eigenvalue weighted by Crippen LogP contribution is -2.75. The third-order valence-electron chi connectivity index (χ3n) is 14.6. The van der Waals surface area contributed by atoms with Crippen molar-refractivity contribution in [2.24, 2.45) is 0 Å². The van der Waals surface area contributed by atoms with Crippen LogP contribution in [0.15, 0.2) is 216 Å². The van der Waals surface area contributed by atoms with Gasteiger partial charge in [0, 0.05) is 29.1 Å². The van der Waals surface area contributed by atoms with E-state index in [1.54, 1.807) is 24.3 Å². The summed E-state index contributed by atoms with van der Waals surface area (Å²) in [5.41, 5.74) is 10.0. The first kappa shape index (κ1) is 34.4. The largest absolute Gasteiger partial charge is 0.278 e. The number of imidazole rings is 4. The van der Waals surface area contributed by atoms with E-state index in [-0.39, 0.29) is 16.5 Å². The van der Waals surface area contributed by atoms with Gasteiger partial charge in [0.2, 0.25) is 11.6 Å². The Morgan fingerprint density at radius 3 is 1.65 bits per heavy atom. The van der Waals surface area contributed by atoms with Crippen LogP contribution in [0.25, 0.3) is 67.1 Å². The fourth-order valence-corrected chi connectivity index (χ4v) is 18.4. The van der Waals surface area contributed by atoms with Gasteiger partial charge in [0.25, 0.3) is 0 Å². The van der Waals surface area contributed by atoms with E-state index in [1.165, 1.54) is 41.7 Å². The monoisotopic (exact) mass is 928 g/mol. The summed E-state index contributed by atoms with van der Waals surface area (Å²) in [4.78, 5) is 13.0. The SMILES string of the molecule is [2H]C([2H])([2H])c1cccc2c1nc1n(-c3ccc4c(c3)n3c5cccc(C([2H])([2H])[2H])c5nc3n4-c3cccc([Si](c4ccccc4)(c4ccccc4)c4cccc5c4Sc4ccccc4C5(C)C)c3)c3ccccc3n21. The van der Waals surface area contributed by atoms with Gasteiger partial charge in [-0.3, -0.25) is 17.9 Å². The smallest absolute Gasteiger partial charge is 0.220 e. The maximum Gasteiger partial charge on any atom is 0.220 e. The second-order valence-corrected chi connectivity index (χ2v) is 23.4. The summed E-state index contributed by atoms with van der Waals surface area (Å²) in [5, 5.41) is 5.00. The first-order valence-electron chi connectivity index (χ1n) is 26.3. The van der Waals surface area contributed by atoms with Gasteiger partial charge in [-0.15, -0.1) is 0 Å². The van der Waals surface area contributed by atoms with Gasteiger partial charge in [-0.1, -0.05) is 171 Å². The van der Waals surface area contributed by atoms with Crippen molar-refractivity contribution >= 4 is 96.3 Å². The summed E-state index contributed by atoms with van der Waals surface area (Å²) in [6, 6.07) is 71.8. The topological polar surface area (TPSA) is 44.5 Å². The van der Waals surface area contributed by atoms with Gasteiger partial charge < -0.3 is 0 Å². The summed E-state index contributed by atoms with van der Waals surface area (Å²) in [5.74, 6) is 1.14. The zero-order valence-electron chi connectivity index (χ0n) is 43.7. The van der Waals surface area contributed by atoms with Crippen molar-refractivity contribution in [3.8, 4) is 11.4 Å². The van der Waals surface area contributed by atoms with Crippen LogP contribution in [0.4, 0.5) is 0 Å². The maximum absolute atomic E-state index is 8.65. The molecule has 0 fully saturated rings. The summed E-state index contributed by atoms with van der Waals surface area (Å²) in [7, 11) is -3.22. The van der Waals surface area contributed by atoms with Crippen LogP contribution in [0.1, 0.15) is 44.3 Å². The normalized spacial score (nSPS) is 15.2. The molecule has 0 unspecified atom stereocenters. The average molecular weight is 929 g/mol. The van der Waals surface area contributed by atoms with Gasteiger partial charge in [-0.25, -0.2) is 9.97 Å². The standard InChI is InChI=1S/C61H46N6SSi/c1-39-19-15-31-51-56(39)62-59-65(48-29-12-13-30-49(48)66(51)59)42-35-36-50-53(38-42)67-52-32-16-20-40(2)57(52)63-60(67)64(50)41-21-17-26-45(37-41)69(43-22-7-5-8-23-43,44-24-9-6-10-25-44)55-34-18-28-47-58(55)68-54-33-14-11-27-46(54)61(47,3)4/h5-38H,1-4H3/i1D3,2D3. The highest BCUT2D eigenvalue weighted by molar-refractivity contribution is 7.99. The molecule has 14 rings (SSSR count). The number of para-hydroxylation sites is 4.